The molecule has 1 saturated heterocycles. The number of alkyl halides is 1. The summed E-state index contributed by atoms with van der Waals surface area (Å²) in [4.78, 5) is 2.16. The summed E-state index contributed by atoms with van der Waals surface area (Å²) in [6.45, 7) is 5.09. The van der Waals surface area contributed by atoms with Crippen LogP contribution in [0.15, 0.2) is 0 Å². The molecule has 1 rings (SSSR count). The fraction of sp³-hybridized carbons (Fsp3) is 1.00. The lowest BCUT2D eigenvalue weighted by atomic mass is 9.98. The van der Waals surface area contributed by atoms with E-state index in [0.29, 0.717) is 12.6 Å². The standard InChI is InChI=1S/C10H20FN/c1-4-8(2)5-10-6-9(11)7-12(10)3/h8-10H,4-7H2,1-3H3/t8?,9-,10+/m0/s1. The number of halogens is 1. The Morgan fingerprint density at radius 2 is 2.25 bits per heavy atom. The van der Waals surface area contributed by atoms with Gasteiger partial charge in [0.05, 0.1) is 0 Å². The molecule has 2 heteroatoms. The van der Waals surface area contributed by atoms with E-state index in [0.717, 1.165) is 18.8 Å². The van der Waals surface area contributed by atoms with Crippen LogP contribution in [0.25, 0.3) is 0 Å². The third-order valence-electron chi connectivity index (χ3n) is 3.01. The van der Waals surface area contributed by atoms with Crippen LogP contribution in [0.2, 0.25) is 0 Å². The molecule has 0 saturated carbocycles. The van der Waals surface area contributed by atoms with Crippen LogP contribution in [0.5, 0.6) is 0 Å². The zero-order chi connectivity index (χ0) is 9.14. The van der Waals surface area contributed by atoms with Gasteiger partial charge in [-0.1, -0.05) is 20.3 Å². The minimum absolute atomic E-state index is 0.495. The van der Waals surface area contributed by atoms with Crippen molar-refractivity contribution >= 4 is 0 Å². The normalized spacial score (nSPS) is 34.0. The summed E-state index contributed by atoms with van der Waals surface area (Å²) in [5, 5.41) is 0. The molecule has 1 heterocycles. The van der Waals surface area contributed by atoms with Crippen LogP contribution in [0, 0.1) is 5.92 Å². The lowest BCUT2D eigenvalue weighted by Gasteiger charge is -2.21. The molecule has 0 spiro atoms. The molecule has 0 radical (unpaired) electrons. The van der Waals surface area contributed by atoms with Gasteiger partial charge in [0.2, 0.25) is 0 Å². The molecule has 0 bridgehead atoms. The average Bonchev–Trinajstić information content (AvgIpc) is 2.30. The van der Waals surface area contributed by atoms with Crippen LogP contribution in [0.3, 0.4) is 0 Å². The van der Waals surface area contributed by atoms with Gasteiger partial charge in [-0.2, -0.15) is 0 Å². The van der Waals surface area contributed by atoms with Crippen LogP contribution in [0.4, 0.5) is 4.39 Å². The molecule has 1 aliphatic heterocycles. The first-order chi connectivity index (χ1) is 5.63. The van der Waals surface area contributed by atoms with Crippen LogP contribution < -0.4 is 0 Å². The molecule has 0 aromatic heterocycles. The number of hydrogen-bond donors (Lipinski definition) is 0. The second kappa shape index (κ2) is 4.22. The van der Waals surface area contributed by atoms with Gasteiger partial charge in [-0.25, -0.2) is 4.39 Å². The van der Waals surface area contributed by atoms with E-state index < -0.39 is 6.17 Å². The largest absolute Gasteiger partial charge is 0.300 e. The van der Waals surface area contributed by atoms with Crippen LogP contribution in [-0.4, -0.2) is 30.7 Å². The number of rotatable bonds is 3. The minimum Gasteiger partial charge on any atom is -0.300 e. The molecule has 1 unspecified atom stereocenters. The average molecular weight is 173 g/mol. The summed E-state index contributed by atoms with van der Waals surface area (Å²) < 4.78 is 12.9. The smallest absolute Gasteiger partial charge is 0.114 e. The zero-order valence-electron chi connectivity index (χ0n) is 8.39. The Labute approximate surface area is 74.9 Å². The second-order valence-corrected chi connectivity index (χ2v) is 4.18. The Balaban J connectivity index is 2.32. The SMILES string of the molecule is CCC(C)C[C@@H]1C[C@H](F)CN1C. The molecule has 0 N–H and O–H groups in total. The molecule has 1 aliphatic rings. The Morgan fingerprint density at radius 1 is 1.58 bits per heavy atom. The van der Waals surface area contributed by atoms with E-state index in [1.807, 2.05) is 7.05 Å². The Bertz CT molecular complexity index is 138. The number of likely N-dealkylation sites (tertiary alicyclic amines) is 1. The first kappa shape index (κ1) is 9.97. The topological polar surface area (TPSA) is 3.24 Å². The van der Waals surface area contributed by atoms with Gasteiger partial charge < -0.3 is 4.90 Å². The van der Waals surface area contributed by atoms with E-state index in [9.17, 15) is 4.39 Å². The van der Waals surface area contributed by atoms with E-state index >= 15 is 0 Å². The number of hydrogen-bond acceptors (Lipinski definition) is 1. The molecule has 0 aliphatic carbocycles. The zero-order valence-corrected chi connectivity index (χ0v) is 8.39. The minimum atomic E-state index is -0.580. The highest BCUT2D eigenvalue weighted by atomic mass is 19.1. The highest BCUT2D eigenvalue weighted by molar-refractivity contribution is 4.83. The van der Waals surface area contributed by atoms with E-state index in [4.69, 9.17) is 0 Å². The van der Waals surface area contributed by atoms with Gasteiger partial charge >= 0.3 is 0 Å². The lowest BCUT2D eigenvalue weighted by Crippen LogP contribution is -2.26. The van der Waals surface area contributed by atoms with E-state index in [1.165, 1.54) is 6.42 Å². The molecule has 0 aromatic carbocycles. The van der Waals surface area contributed by atoms with Crippen molar-refractivity contribution in [3.8, 4) is 0 Å². The maximum atomic E-state index is 12.9. The summed E-state index contributed by atoms with van der Waals surface area (Å²) >= 11 is 0. The van der Waals surface area contributed by atoms with Crippen molar-refractivity contribution in [1.29, 1.82) is 0 Å². The maximum Gasteiger partial charge on any atom is 0.114 e. The van der Waals surface area contributed by atoms with Crippen molar-refractivity contribution in [2.45, 2.75) is 45.3 Å². The molecule has 0 amide bonds. The van der Waals surface area contributed by atoms with Crippen molar-refractivity contribution in [3.05, 3.63) is 0 Å². The maximum absolute atomic E-state index is 12.9. The molecule has 1 fully saturated rings. The highest BCUT2D eigenvalue weighted by Crippen LogP contribution is 2.24. The molecule has 12 heavy (non-hydrogen) atoms. The predicted molar refractivity (Wildman–Crippen MR) is 50.0 cm³/mol. The Hall–Kier alpha value is -0.110. The molecular formula is C10H20FN. The molecular weight excluding hydrogens is 153 g/mol. The molecule has 72 valence electrons. The van der Waals surface area contributed by atoms with Crippen LogP contribution in [-0.2, 0) is 0 Å². The van der Waals surface area contributed by atoms with E-state index in [2.05, 4.69) is 18.7 Å². The van der Waals surface area contributed by atoms with Crippen molar-refractivity contribution in [2.24, 2.45) is 5.92 Å². The van der Waals surface area contributed by atoms with Gasteiger partial charge in [-0.15, -0.1) is 0 Å². The van der Waals surface area contributed by atoms with Gasteiger partial charge in [0, 0.05) is 12.6 Å². The first-order valence-corrected chi connectivity index (χ1v) is 4.97. The summed E-state index contributed by atoms with van der Waals surface area (Å²) in [6, 6.07) is 0.495. The molecule has 0 aromatic rings. The van der Waals surface area contributed by atoms with Crippen LogP contribution >= 0.6 is 0 Å². The number of nitrogens with zero attached hydrogens (tertiary/aromatic N) is 1. The van der Waals surface area contributed by atoms with E-state index in [1.54, 1.807) is 0 Å². The molecule has 3 atom stereocenters. The quantitative estimate of drug-likeness (QED) is 0.633. The van der Waals surface area contributed by atoms with Gasteiger partial charge in [0.25, 0.3) is 0 Å². The highest BCUT2D eigenvalue weighted by Gasteiger charge is 2.29. The fourth-order valence-corrected chi connectivity index (χ4v) is 1.92. The third-order valence-corrected chi connectivity index (χ3v) is 3.01. The predicted octanol–water partition coefficient (Wildman–Crippen LogP) is 2.46. The van der Waals surface area contributed by atoms with Crippen molar-refractivity contribution < 1.29 is 4.39 Å². The molecule has 1 nitrogen and oxygen atoms in total. The van der Waals surface area contributed by atoms with Gasteiger partial charge in [0.1, 0.15) is 6.17 Å². The van der Waals surface area contributed by atoms with Crippen molar-refractivity contribution in [1.82, 2.24) is 4.90 Å². The first-order valence-electron chi connectivity index (χ1n) is 4.97. The Kier molecular flexibility index (Phi) is 3.51. The summed E-state index contributed by atoms with van der Waals surface area (Å²) in [5.74, 6) is 0.739. The summed E-state index contributed by atoms with van der Waals surface area (Å²) in [5.41, 5.74) is 0. The fourth-order valence-electron chi connectivity index (χ4n) is 1.92. The summed E-state index contributed by atoms with van der Waals surface area (Å²) in [7, 11) is 2.03. The monoisotopic (exact) mass is 173 g/mol. The van der Waals surface area contributed by atoms with Gasteiger partial charge in [-0.3, -0.25) is 0 Å². The van der Waals surface area contributed by atoms with Crippen molar-refractivity contribution in [2.75, 3.05) is 13.6 Å². The van der Waals surface area contributed by atoms with Gasteiger partial charge in [0.15, 0.2) is 0 Å². The van der Waals surface area contributed by atoms with Crippen LogP contribution in [0.1, 0.15) is 33.1 Å². The lowest BCUT2D eigenvalue weighted by molar-refractivity contribution is 0.260. The summed E-state index contributed by atoms with van der Waals surface area (Å²) in [6.07, 6.45) is 2.54. The van der Waals surface area contributed by atoms with Gasteiger partial charge in [-0.05, 0) is 25.8 Å². The second-order valence-electron chi connectivity index (χ2n) is 4.18. The van der Waals surface area contributed by atoms with Crippen molar-refractivity contribution in [3.63, 3.8) is 0 Å². The Morgan fingerprint density at radius 3 is 2.67 bits per heavy atom. The third kappa shape index (κ3) is 2.44. The van der Waals surface area contributed by atoms with E-state index in [-0.39, 0.29) is 0 Å².